The zero-order chi connectivity index (χ0) is 14.8. The molecule has 1 N–H and O–H groups in total. The van der Waals surface area contributed by atoms with Crippen LogP contribution in [0, 0.1) is 11.3 Å². The maximum Gasteiger partial charge on any atom is 0.263 e. The number of nitrogens with zero attached hydrogens (tertiary/aromatic N) is 3. The predicted molar refractivity (Wildman–Crippen MR) is 77.3 cm³/mol. The highest BCUT2D eigenvalue weighted by Crippen LogP contribution is 2.00. The van der Waals surface area contributed by atoms with Crippen molar-refractivity contribution >= 4 is 5.91 Å². The Labute approximate surface area is 119 Å². The van der Waals surface area contributed by atoms with E-state index < -0.39 is 0 Å². The fourth-order valence-electron chi connectivity index (χ4n) is 1.61. The molecule has 20 heavy (non-hydrogen) atoms. The van der Waals surface area contributed by atoms with Gasteiger partial charge in [0.15, 0.2) is 0 Å². The van der Waals surface area contributed by atoms with E-state index in [4.69, 9.17) is 5.26 Å². The third-order valence-corrected chi connectivity index (χ3v) is 2.75. The van der Waals surface area contributed by atoms with Crippen molar-refractivity contribution < 1.29 is 4.79 Å². The van der Waals surface area contributed by atoms with Crippen molar-refractivity contribution in [2.75, 3.05) is 13.6 Å². The first-order valence-corrected chi connectivity index (χ1v) is 6.66. The van der Waals surface area contributed by atoms with Crippen LogP contribution >= 0.6 is 0 Å². The van der Waals surface area contributed by atoms with Gasteiger partial charge in [-0.3, -0.25) is 9.78 Å². The molecule has 1 rings (SSSR count). The monoisotopic (exact) mass is 272 g/mol. The molecule has 0 saturated carbocycles. The minimum absolute atomic E-state index is 0.118. The highest BCUT2D eigenvalue weighted by Gasteiger charge is 2.09. The molecular weight excluding hydrogens is 252 g/mol. The van der Waals surface area contributed by atoms with E-state index in [1.54, 1.807) is 24.7 Å². The van der Waals surface area contributed by atoms with Crippen LogP contribution in [0.15, 0.2) is 36.3 Å². The molecule has 0 aliphatic carbocycles. The van der Waals surface area contributed by atoms with E-state index in [9.17, 15) is 4.79 Å². The maximum atomic E-state index is 11.9. The lowest BCUT2D eigenvalue weighted by atomic mass is 10.2. The molecule has 0 aliphatic rings. The number of carbonyl (C=O) groups excluding carboxylic acids is 1. The van der Waals surface area contributed by atoms with Gasteiger partial charge in [-0.25, -0.2) is 0 Å². The van der Waals surface area contributed by atoms with Gasteiger partial charge in [0.1, 0.15) is 11.6 Å². The molecule has 5 nitrogen and oxygen atoms in total. The Morgan fingerprint density at radius 1 is 1.60 bits per heavy atom. The minimum atomic E-state index is -0.361. The first kappa shape index (κ1) is 15.7. The molecule has 0 fully saturated rings. The molecule has 0 atom stereocenters. The summed E-state index contributed by atoms with van der Waals surface area (Å²) in [7, 11) is 1.86. The van der Waals surface area contributed by atoms with E-state index in [-0.39, 0.29) is 11.5 Å². The number of amides is 1. The van der Waals surface area contributed by atoms with Crippen molar-refractivity contribution in [1.82, 2.24) is 15.2 Å². The summed E-state index contributed by atoms with van der Waals surface area (Å²) in [5, 5.41) is 11.8. The zero-order valence-electron chi connectivity index (χ0n) is 12.0. The lowest BCUT2D eigenvalue weighted by molar-refractivity contribution is -0.117. The van der Waals surface area contributed by atoms with E-state index in [1.807, 2.05) is 24.1 Å². The van der Waals surface area contributed by atoms with Crippen molar-refractivity contribution in [1.29, 1.82) is 5.26 Å². The molecule has 5 heteroatoms. The molecule has 0 spiro atoms. The van der Waals surface area contributed by atoms with Gasteiger partial charge in [-0.15, -0.1) is 0 Å². The standard InChI is InChI=1S/C15H20N4O/c1-3-4-8-19(2)12-14(9-16)15(20)18-11-13-6-5-7-17-10-13/h5-7,10,12H,3-4,8,11H2,1-2H3,(H,18,20)/b14-12-. The Kier molecular flexibility index (Phi) is 6.83. The average molecular weight is 272 g/mol. The molecule has 0 aromatic carbocycles. The molecule has 1 heterocycles. The third-order valence-electron chi connectivity index (χ3n) is 2.75. The van der Waals surface area contributed by atoms with Crippen LogP contribution in [0.3, 0.4) is 0 Å². The smallest absolute Gasteiger partial charge is 0.263 e. The molecule has 0 saturated heterocycles. The number of pyridine rings is 1. The Morgan fingerprint density at radius 2 is 2.40 bits per heavy atom. The van der Waals surface area contributed by atoms with Gasteiger partial charge in [0, 0.05) is 38.7 Å². The van der Waals surface area contributed by atoms with Crippen LogP contribution in [0.5, 0.6) is 0 Å². The topological polar surface area (TPSA) is 69.0 Å². The molecule has 106 valence electrons. The van der Waals surface area contributed by atoms with E-state index in [0.29, 0.717) is 6.54 Å². The quantitative estimate of drug-likeness (QED) is 0.607. The van der Waals surface area contributed by atoms with Crippen molar-refractivity contribution in [3.63, 3.8) is 0 Å². The summed E-state index contributed by atoms with van der Waals surface area (Å²) in [5.41, 5.74) is 1.02. The summed E-state index contributed by atoms with van der Waals surface area (Å²) in [5.74, 6) is -0.361. The summed E-state index contributed by atoms with van der Waals surface area (Å²) in [6.07, 6.45) is 7.06. The van der Waals surface area contributed by atoms with Gasteiger partial charge in [-0.1, -0.05) is 19.4 Å². The number of hydrogen-bond donors (Lipinski definition) is 1. The van der Waals surface area contributed by atoms with Gasteiger partial charge in [0.25, 0.3) is 5.91 Å². The molecule has 0 unspecified atom stereocenters. The predicted octanol–water partition coefficient (Wildman–Crippen LogP) is 1.84. The number of nitrogens with one attached hydrogen (secondary N) is 1. The lowest BCUT2D eigenvalue weighted by Gasteiger charge is -2.13. The van der Waals surface area contributed by atoms with Crippen molar-refractivity contribution in [3.05, 3.63) is 41.9 Å². The molecule has 1 amide bonds. The number of nitriles is 1. The Bertz CT molecular complexity index is 490. The normalized spacial score (nSPS) is 10.8. The molecular formula is C15H20N4O. The minimum Gasteiger partial charge on any atom is -0.379 e. The fourth-order valence-corrected chi connectivity index (χ4v) is 1.61. The summed E-state index contributed by atoms with van der Waals surface area (Å²) >= 11 is 0. The van der Waals surface area contributed by atoms with Gasteiger partial charge in [0.2, 0.25) is 0 Å². The van der Waals surface area contributed by atoms with E-state index in [0.717, 1.165) is 24.9 Å². The summed E-state index contributed by atoms with van der Waals surface area (Å²) in [4.78, 5) is 17.7. The number of unbranched alkanes of at least 4 members (excludes halogenated alkanes) is 1. The first-order chi connectivity index (χ1) is 9.67. The van der Waals surface area contributed by atoms with Crippen LogP contribution in [0.2, 0.25) is 0 Å². The van der Waals surface area contributed by atoms with Crippen LogP contribution in [0.1, 0.15) is 25.3 Å². The zero-order valence-corrected chi connectivity index (χ0v) is 12.0. The second kappa shape index (κ2) is 8.70. The third kappa shape index (κ3) is 5.53. The van der Waals surface area contributed by atoms with E-state index in [2.05, 4.69) is 17.2 Å². The number of aromatic nitrogens is 1. The number of carbonyl (C=O) groups is 1. The largest absolute Gasteiger partial charge is 0.379 e. The summed E-state index contributed by atoms with van der Waals surface area (Å²) in [6, 6.07) is 5.62. The fraction of sp³-hybridized carbons (Fsp3) is 0.400. The Balaban J connectivity index is 2.55. The van der Waals surface area contributed by atoms with Crippen LogP contribution in [-0.4, -0.2) is 29.4 Å². The van der Waals surface area contributed by atoms with Gasteiger partial charge < -0.3 is 10.2 Å². The molecule has 0 aliphatic heterocycles. The van der Waals surface area contributed by atoms with Crippen molar-refractivity contribution in [3.8, 4) is 6.07 Å². The Hall–Kier alpha value is -2.35. The lowest BCUT2D eigenvalue weighted by Crippen LogP contribution is -2.25. The first-order valence-electron chi connectivity index (χ1n) is 6.66. The second-order valence-electron chi connectivity index (χ2n) is 4.53. The second-order valence-corrected chi connectivity index (χ2v) is 4.53. The summed E-state index contributed by atoms with van der Waals surface area (Å²) < 4.78 is 0. The van der Waals surface area contributed by atoms with E-state index >= 15 is 0 Å². The van der Waals surface area contributed by atoms with Crippen molar-refractivity contribution in [2.24, 2.45) is 0 Å². The van der Waals surface area contributed by atoms with Crippen LogP contribution in [0.25, 0.3) is 0 Å². The van der Waals surface area contributed by atoms with E-state index in [1.165, 1.54) is 0 Å². The van der Waals surface area contributed by atoms with Crippen molar-refractivity contribution in [2.45, 2.75) is 26.3 Å². The molecule has 1 aromatic heterocycles. The average Bonchev–Trinajstić information content (AvgIpc) is 2.49. The molecule has 0 bridgehead atoms. The van der Waals surface area contributed by atoms with Crippen LogP contribution in [0.4, 0.5) is 0 Å². The maximum absolute atomic E-state index is 11.9. The van der Waals surface area contributed by atoms with Gasteiger partial charge in [-0.2, -0.15) is 5.26 Å². The SMILES string of the molecule is CCCCN(C)/C=C(/C#N)C(=O)NCc1cccnc1. The van der Waals surface area contributed by atoms with Gasteiger partial charge in [-0.05, 0) is 18.1 Å². The summed E-state index contributed by atoms with van der Waals surface area (Å²) in [6.45, 7) is 3.30. The molecule has 0 radical (unpaired) electrons. The Morgan fingerprint density at radius 3 is 3.00 bits per heavy atom. The number of rotatable bonds is 7. The van der Waals surface area contributed by atoms with Gasteiger partial charge >= 0.3 is 0 Å². The molecule has 1 aromatic rings. The van der Waals surface area contributed by atoms with Crippen LogP contribution < -0.4 is 5.32 Å². The highest BCUT2D eigenvalue weighted by atomic mass is 16.1. The van der Waals surface area contributed by atoms with Gasteiger partial charge in [0.05, 0.1) is 0 Å². The highest BCUT2D eigenvalue weighted by molar-refractivity contribution is 5.97. The van der Waals surface area contributed by atoms with Crippen LogP contribution in [-0.2, 0) is 11.3 Å². The number of hydrogen-bond acceptors (Lipinski definition) is 4.